The fourth-order valence-corrected chi connectivity index (χ4v) is 2.09. The molecular formula is C15H23NO2. The number of rotatable bonds is 7. The van der Waals surface area contributed by atoms with Crippen molar-refractivity contribution in [2.45, 2.75) is 32.7 Å². The highest BCUT2D eigenvalue weighted by Gasteiger charge is 2.18. The van der Waals surface area contributed by atoms with Crippen LogP contribution in [0.4, 0.5) is 0 Å². The molecule has 100 valence electrons. The molecular weight excluding hydrogens is 226 g/mol. The van der Waals surface area contributed by atoms with Gasteiger partial charge in [0.1, 0.15) is 11.5 Å². The number of methoxy groups -OCH3 is 1. The van der Waals surface area contributed by atoms with Crippen molar-refractivity contribution in [3.8, 4) is 11.5 Å². The van der Waals surface area contributed by atoms with E-state index in [2.05, 4.69) is 18.3 Å². The summed E-state index contributed by atoms with van der Waals surface area (Å²) in [6.07, 6.45) is 4.00. The molecule has 0 bridgehead atoms. The fraction of sp³-hybridized carbons (Fsp3) is 0.600. The molecule has 1 saturated carbocycles. The Hall–Kier alpha value is -1.22. The monoisotopic (exact) mass is 249 g/mol. The predicted octanol–water partition coefficient (Wildman–Crippen LogP) is 2.98. The maximum absolute atomic E-state index is 5.94. The maximum atomic E-state index is 5.94. The van der Waals surface area contributed by atoms with Crippen LogP contribution >= 0.6 is 0 Å². The van der Waals surface area contributed by atoms with Crippen LogP contribution in [0.1, 0.15) is 31.7 Å². The van der Waals surface area contributed by atoms with Crippen LogP contribution < -0.4 is 14.8 Å². The number of benzene rings is 1. The van der Waals surface area contributed by atoms with Gasteiger partial charge in [-0.25, -0.2) is 0 Å². The van der Waals surface area contributed by atoms with Crippen LogP contribution in [0.15, 0.2) is 18.2 Å². The topological polar surface area (TPSA) is 30.5 Å². The summed E-state index contributed by atoms with van der Waals surface area (Å²) in [5, 5.41) is 3.34. The summed E-state index contributed by atoms with van der Waals surface area (Å²) in [7, 11) is 1.70. The van der Waals surface area contributed by atoms with Crippen LogP contribution in [0.2, 0.25) is 0 Å². The predicted molar refractivity (Wildman–Crippen MR) is 73.2 cm³/mol. The van der Waals surface area contributed by atoms with Crippen molar-refractivity contribution in [2.75, 3.05) is 20.3 Å². The van der Waals surface area contributed by atoms with Crippen LogP contribution in [-0.4, -0.2) is 20.3 Å². The van der Waals surface area contributed by atoms with Crippen LogP contribution in [0.25, 0.3) is 0 Å². The number of nitrogens with one attached hydrogen (secondary N) is 1. The van der Waals surface area contributed by atoms with Gasteiger partial charge in [-0.15, -0.1) is 0 Å². The summed E-state index contributed by atoms with van der Waals surface area (Å²) in [6, 6.07) is 6.04. The minimum atomic E-state index is 0.763. The highest BCUT2D eigenvalue weighted by molar-refractivity contribution is 5.40. The molecule has 3 nitrogen and oxygen atoms in total. The number of hydrogen-bond acceptors (Lipinski definition) is 3. The number of ether oxygens (including phenoxy) is 2. The normalized spacial score (nSPS) is 15.2. The van der Waals surface area contributed by atoms with Crippen LogP contribution in [0.3, 0.4) is 0 Å². The molecule has 2 rings (SSSR count). The van der Waals surface area contributed by atoms with Gasteiger partial charge in [0.05, 0.1) is 13.7 Å². The van der Waals surface area contributed by atoms with Gasteiger partial charge in [-0.05, 0) is 43.5 Å². The standard InChI is InChI=1S/C15H23NO2/c1-3-16-10-13-9-14(17-2)7-8-15(13)18-11-12-5-4-6-12/h7-9,12,16H,3-6,10-11H2,1-2H3. The van der Waals surface area contributed by atoms with Gasteiger partial charge in [0.15, 0.2) is 0 Å². The minimum Gasteiger partial charge on any atom is -0.497 e. The first kappa shape index (κ1) is 13.2. The molecule has 0 aromatic heterocycles. The summed E-state index contributed by atoms with van der Waals surface area (Å²) < 4.78 is 11.2. The Morgan fingerprint density at radius 3 is 2.78 bits per heavy atom. The van der Waals surface area contributed by atoms with Crippen LogP contribution in [0.5, 0.6) is 11.5 Å². The molecule has 0 unspecified atom stereocenters. The third-order valence-electron chi connectivity index (χ3n) is 3.53. The quantitative estimate of drug-likeness (QED) is 0.806. The molecule has 0 amide bonds. The van der Waals surface area contributed by atoms with Gasteiger partial charge >= 0.3 is 0 Å². The van der Waals surface area contributed by atoms with Crippen molar-refractivity contribution < 1.29 is 9.47 Å². The highest BCUT2D eigenvalue weighted by Crippen LogP contribution is 2.29. The molecule has 0 radical (unpaired) electrons. The molecule has 0 spiro atoms. The zero-order chi connectivity index (χ0) is 12.8. The third-order valence-corrected chi connectivity index (χ3v) is 3.53. The lowest BCUT2D eigenvalue weighted by atomic mass is 9.86. The van der Waals surface area contributed by atoms with E-state index in [1.54, 1.807) is 7.11 Å². The molecule has 1 N–H and O–H groups in total. The van der Waals surface area contributed by atoms with E-state index >= 15 is 0 Å². The molecule has 1 aromatic carbocycles. The highest BCUT2D eigenvalue weighted by atomic mass is 16.5. The molecule has 0 aliphatic heterocycles. The first-order chi connectivity index (χ1) is 8.83. The molecule has 3 heteroatoms. The largest absolute Gasteiger partial charge is 0.497 e. The van der Waals surface area contributed by atoms with E-state index in [0.717, 1.165) is 37.1 Å². The first-order valence-electron chi connectivity index (χ1n) is 6.84. The zero-order valence-electron chi connectivity index (χ0n) is 11.4. The van der Waals surface area contributed by atoms with Gasteiger partial charge in [0, 0.05) is 12.1 Å². The molecule has 1 aromatic rings. The summed E-state index contributed by atoms with van der Waals surface area (Å²) in [5.74, 6) is 2.64. The van der Waals surface area contributed by atoms with Gasteiger partial charge in [0.2, 0.25) is 0 Å². The van der Waals surface area contributed by atoms with Gasteiger partial charge in [0.25, 0.3) is 0 Å². The number of hydrogen-bond donors (Lipinski definition) is 1. The second kappa shape index (κ2) is 6.64. The average molecular weight is 249 g/mol. The van der Waals surface area contributed by atoms with Gasteiger partial charge in [-0.1, -0.05) is 13.3 Å². The molecule has 1 aliphatic rings. The maximum Gasteiger partial charge on any atom is 0.124 e. The molecule has 1 fully saturated rings. The lowest BCUT2D eigenvalue weighted by Gasteiger charge is -2.25. The van der Waals surface area contributed by atoms with Crippen molar-refractivity contribution in [2.24, 2.45) is 5.92 Å². The van der Waals surface area contributed by atoms with Crippen molar-refractivity contribution in [3.05, 3.63) is 23.8 Å². The summed E-state index contributed by atoms with van der Waals surface area (Å²) in [5.41, 5.74) is 1.18. The van der Waals surface area contributed by atoms with Crippen molar-refractivity contribution >= 4 is 0 Å². The van der Waals surface area contributed by atoms with Crippen molar-refractivity contribution in [3.63, 3.8) is 0 Å². The fourth-order valence-electron chi connectivity index (χ4n) is 2.09. The lowest BCUT2D eigenvalue weighted by Crippen LogP contribution is -2.20. The van der Waals surface area contributed by atoms with Gasteiger partial charge in [-0.3, -0.25) is 0 Å². The van der Waals surface area contributed by atoms with E-state index < -0.39 is 0 Å². The summed E-state index contributed by atoms with van der Waals surface area (Å²) in [4.78, 5) is 0. The Labute approximate surface area is 109 Å². The van der Waals surface area contributed by atoms with E-state index in [1.807, 2.05) is 12.1 Å². The Bertz CT molecular complexity index is 375. The van der Waals surface area contributed by atoms with Gasteiger partial charge < -0.3 is 14.8 Å². The average Bonchev–Trinajstić information content (AvgIpc) is 2.35. The molecule has 1 aliphatic carbocycles. The summed E-state index contributed by atoms with van der Waals surface area (Å²) >= 11 is 0. The van der Waals surface area contributed by atoms with E-state index in [1.165, 1.54) is 24.8 Å². The SMILES string of the molecule is CCNCc1cc(OC)ccc1OCC1CCC1. The van der Waals surface area contributed by atoms with Crippen molar-refractivity contribution in [1.82, 2.24) is 5.32 Å². The van der Waals surface area contributed by atoms with Crippen LogP contribution in [0, 0.1) is 5.92 Å². The Morgan fingerprint density at radius 2 is 2.17 bits per heavy atom. The molecule has 0 atom stereocenters. The smallest absolute Gasteiger partial charge is 0.124 e. The molecule has 18 heavy (non-hydrogen) atoms. The van der Waals surface area contributed by atoms with E-state index in [-0.39, 0.29) is 0 Å². The van der Waals surface area contributed by atoms with Crippen LogP contribution in [-0.2, 0) is 6.54 Å². The molecule has 0 heterocycles. The Morgan fingerprint density at radius 1 is 1.33 bits per heavy atom. The van der Waals surface area contributed by atoms with E-state index in [9.17, 15) is 0 Å². The van der Waals surface area contributed by atoms with E-state index in [4.69, 9.17) is 9.47 Å². The second-order valence-corrected chi connectivity index (χ2v) is 4.86. The van der Waals surface area contributed by atoms with Gasteiger partial charge in [-0.2, -0.15) is 0 Å². The second-order valence-electron chi connectivity index (χ2n) is 4.86. The van der Waals surface area contributed by atoms with E-state index in [0.29, 0.717) is 0 Å². The lowest BCUT2D eigenvalue weighted by molar-refractivity contribution is 0.179. The zero-order valence-corrected chi connectivity index (χ0v) is 11.4. The van der Waals surface area contributed by atoms with Crippen molar-refractivity contribution in [1.29, 1.82) is 0 Å². The first-order valence-corrected chi connectivity index (χ1v) is 6.84. The Kier molecular flexibility index (Phi) is 4.88. The minimum absolute atomic E-state index is 0.763. The molecule has 0 saturated heterocycles. The Balaban J connectivity index is 2.00. The third kappa shape index (κ3) is 3.39. The summed E-state index contributed by atoms with van der Waals surface area (Å²) in [6.45, 7) is 4.74.